The summed E-state index contributed by atoms with van der Waals surface area (Å²) in [4.78, 5) is 70.8. The minimum absolute atomic E-state index is 0.112. The summed E-state index contributed by atoms with van der Waals surface area (Å²) >= 11 is 0. The number of nitrogens with zero attached hydrogens (tertiary/aromatic N) is 2. The monoisotopic (exact) mass is 350 g/mol. The molecule has 0 radical (unpaired) electrons. The van der Waals surface area contributed by atoms with Gasteiger partial charge in [-0.05, 0) is 12.8 Å². The van der Waals surface area contributed by atoms with Gasteiger partial charge < -0.3 is 0 Å². The normalized spacial score (nSPS) is 17.8. The second-order valence-corrected chi connectivity index (χ2v) is 6.30. The van der Waals surface area contributed by atoms with Gasteiger partial charge in [-0.2, -0.15) is 0 Å². The lowest BCUT2D eigenvalue weighted by Gasteiger charge is -2.12. The Labute approximate surface area is 145 Å². The van der Waals surface area contributed by atoms with E-state index < -0.39 is 35.4 Å². The smallest absolute Gasteiger partial charge is 0.236 e. The van der Waals surface area contributed by atoms with Crippen LogP contribution in [0.25, 0.3) is 0 Å². The first-order valence-corrected chi connectivity index (χ1v) is 8.69. The Kier molecular flexibility index (Phi) is 6.55. The molecule has 8 nitrogen and oxygen atoms in total. The number of hydrogen-bond donors (Lipinski definition) is 0. The van der Waals surface area contributed by atoms with E-state index in [2.05, 4.69) is 0 Å². The molecule has 25 heavy (non-hydrogen) atoms. The molecule has 8 heteroatoms. The van der Waals surface area contributed by atoms with Gasteiger partial charge in [0.15, 0.2) is 0 Å². The van der Waals surface area contributed by atoms with Gasteiger partial charge in [0, 0.05) is 38.5 Å². The Morgan fingerprint density at radius 1 is 0.560 bits per heavy atom. The Balaban J connectivity index is 1.55. The van der Waals surface area contributed by atoms with Crippen molar-refractivity contribution in [2.75, 3.05) is 0 Å². The minimum atomic E-state index is -0.436. The SMILES string of the molecule is O=C(CCCCCCCC(=O)N1C(=O)CCC1=O)N1C(=O)CCC1=O. The first-order chi connectivity index (χ1) is 11.9. The lowest BCUT2D eigenvalue weighted by atomic mass is 10.1. The number of carbonyl (C=O) groups is 6. The van der Waals surface area contributed by atoms with Crippen LogP contribution >= 0.6 is 0 Å². The van der Waals surface area contributed by atoms with Crippen LogP contribution in [0.4, 0.5) is 0 Å². The minimum Gasteiger partial charge on any atom is -0.274 e. The number of imide groups is 6. The quantitative estimate of drug-likeness (QED) is 0.478. The standard InChI is InChI=1S/C17H22N2O6/c20-12(18-14(22)8-9-15(18)23)6-4-2-1-3-5-7-13(21)19-16(24)10-11-17(19)25/h1-11H2. The third kappa shape index (κ3) is 4.80. The van der Waals surface area contributed by atoms with Crippen molar-refractivity contribution >= 4 is 35.4 Å². The van der Waals surface area contributed by atoms with E-state index in [1.54, 1.807) is 0 Å². The molecule has 136 valence electrons. The highest BCUT2D eigenvalue weighted by molar-refractivity contribution is 6.15. The Hall–Kier alpha value is -2.38. The van der Waals surface area contributed by atoms with Crippen LogP contribution in [-0.4, -0.2) is 45.2 Å². The molecule has 2 aliphatic rings. The van der Waals surface area contributed by atoms with E-state index in [0.717, 1.165) is 29.1 Å². The van der Waals surface area contributed by atoms with Crippen molar-refractivity contribution in [3.63, 3.8) is 0 Å². The van der Waals surface area contributed by atoms with Gasteiger partial charge in [-0.1, -0.05) is 19.3 Å². The molecule has 0 aliphatic carbocycles. The van der Waals surface area contributed by atoms with Crippen molar-refractivity contribution in [3.8, 4) is 0 Å². The van der Waals surface area contributed by atoms with Gasteiger partial charge in [0.1, 0.15) is 0 Å². The Bertz CT molecular complexity index is 528. The zero-order valence-corrected chi connectivity index (χ0v) is 14.1. The predicted octanol–water partition coefficient (Wildman–Crippen LogP) is 1.07. The molecule has 2 aliphatic heterocycles. The van der Waals surface area contributed by atoms with Crippen LogP contribution in [0.5, 0.6) is 0 Å². The van der Waals surface area contributed by atoms with Crippen LogP contribution in [0, 0.1) is 0 Å². The number of likely N-dealkylation sites (tertiary alicyclic amines) is 2. The summed E-state index contributed by atoms with van der Waals surface area (Å²) in [5.74, 6) is -2.54. The fourth-order valence-electron chi connectivity index (χ4n) is 3.02. The second-order valence-electron chi connectivity index (χ2n) is 6.30. The average Bonchev–Trinajstić information content (AvgIpc) is 3.07. The molecule has 2 rings (SSSR count). The van der Waals surface area contributed by atoms with E-state index in [1.807, 2.05) is 0 Å². The van der Waals surface area contributed by atoms with E-state index >= 15 is 0 Å². The molecule has 0 spiro atoms. The van der Waals surface area contributed by atoms with Crippen molar-refractivity contribution < 1.29 is 28.8 Å². The zero-order valence-electron chi connectivity index (χ0n) is 14.1. The number of carbonyl (C=O) groups excluding carboxylic acids is 6. The second kappa shape index (κ2) is 8.64. The van der Waals surface area contributed by atoms with E-state index in [1.165, 1.54) is 0 Å². The first kappa shape index (κ1) is 19.0. The summed E-state index contributed by atoms with van der Waals surface area (Å²) in [7, 11) is 0. The summed E-state index contributed by atoms with van der Waals surface area (Å²) in [5, 5.41) is 0. The molecule has 0 unspecified atom stereocenters. The summed E-state index contributed by atoms with van der Waals surface area (Å²) < 4.78 is 0. The molecule has 0 atom stereocenters. The third-order valence-corrected chi connectivity index (χ3v) is 4.38. The van der Waals surface area contributed by atoms with Crippen LogP contribution in [-0.2, 0) is 28.8 Å². The topological polar surface area (TPSA) is 109 Å². The van der Waals surface area contributed by atoms with E-state index in [4.69, 9.17) is 0 Å². The van der Waals surface area contributed by atoms with Crippen molar-refractivity contribution in [1.82, 2.24) is 9.80 Å². The highest BCUT2D eigenvalue weighted by Gasteiger charge is 2.34. The van der Waals surface area contributed by atoms with Gasteiger partial charge in [-0.15, -0.1) is 0 Å². The molecule has 0 aromatic heterocycles. The molecule has 6 amide bonds. The summed E-state index contributed by atoms with van der Waals surface area (Å²) in [5.41, 5.74) is 0. The molecule has 0 N–H and O–H groups in total. The van der Waals surface area contributed by atoms with Crippen LogP contribution in [0.1, 0.15) is 70.6 Å². The zero-order chi connectivity index (χ0) is 18.4. The van der Waals surface area contributed by atoms with Crippen molar-refractivity contribution in [2.45, 2.75) is 70.6 Å². The molecule has 2 heterocycles. The molecule has 0 bridgehead atoms. The average molecular weight is 350 g/mol. The van der Waals surface area contributed by atoms with E-state index in [-0.39, 0.29) is 38.5 Å². The molecule has 0 aromatic rings. The van der Waals surface area contributed by atoms with E-state index in [9.17, 15) is 28.8 Å². The van der Waals surface area contributed by atoms with Crippen LogP contribution in [0.2, 0.25) is 0 Å². The van der Waals surface area contributed by atoms with Gasteiger partial charge in [-0.25, -0.2) is 9.80 Å². The van der Waals surface area contributed by atoms with Crippen molar-refractivity contribution in [1.29, 1.82) is 0 Å². The van der Waals surface area contributed by atoms with Crippen LogP contribution < -0.4 is 0 Å². The highest BCUT2D eigenvalue weighted by Crippen LogP contribution is 2.17. The van der Waals surface area contributed by atoms with Gasteiger partial charge >= 0.3 is 0 Å². The first-order valence-electron chi connectivity index (χ1n) is 8.69. The number of amides is 6. The van der Waals surface area contributed by atoms with Gasteiger partial charge in [0.2, 0.25) is 35.4 Å². The number of hydrogen-bond acceptors (Lipinski definition) is 6. The maximum absolute atomic E-state index is 11.8. The molecule has 2 saturated heterocycles. The number of unbranched alkanes of at least 4 members (excludes halogenated alkanes) is 4. The van der Waals surface area contributed by atoms with Gasteiger partial charge in [0.05, 0.1) is 0 Å². The molecule has 2 fully saturated rings. The Morgan fingerprint density at radius 2 is 0.840 bits per heavy atom. The maximum Gasteiger partial charge on any atom is 0.236 e. The van der Waals surface area contributed by atoms with Gasteiger partial charge in [0.25, 0.3) is 0 Å². The largest absolute Gasteiger partial charge is 0.274 e. The van der Waals surface area contributed by atoms with Crippen molar-refractivity contribution in [2.24, 2.45) is 0 Å². The lowest BCUT2D eigenvalue weighted by molar-refractivity contribution is -0.151. The highest BCUT2D eigenvalue weighted by atomic mass is 16.2. The lowest BCUT2D eigenvalue weighted by Crippen LogP contribution is -2.35. The maximum atomic E-state index is 11.8. The molecule has 0 aromatic carbocycles. The van der Waals surface area contributed by atoms with E-state index in [0.29, 0.717) is 12.8 Å². The third-order valence-electron chi connectivity index (χ3n) is 4.38. The molecule has 0 saturated carbocycles. The Morgan fingerprint density at radius 3 is 1.16 bits per heavy atom. The summed E-state index contributed by atoms with van der Waals surface area (Å²) in [6, 6.07) is 0. The molecular weight excluding hydrogens is 328 g/mol. The summed E-state index contributed by atoms with van der Waals surface area (Å²) in [6.45, 7) is 0. The number of rotatable bonds is 8. The fourth-order valence-corrected chi connectivity index (χ4v) is 3.02. The fraction of sp³-hybridized carbons (Fsp3) is 0.647. The predicted molar refractivity (Wildman–Crippen MR) is 84.5 cm³/mol. The molecular formula is C17H22N2O6. The van der Waals surface area contributed by atoms with Crippen LogP contribution in [0.15, 0.2) is 0 Å². The van der Waals surface area contributed by atoms with Gasteiger partial charge in [-0.3, -0.25) is 28.8 Å². The summed E-state index contributed by atoms with van der Waals surface area (Å²) in [6.07, 6.45) is 4.21. The van der Waals surface area contributed by atoms with Crippen LogP contribution in [0.3, 0.4) is 0 Å². The van der Waals surface area contributed by atoms with Crippen molar-refractivity contribution in [3.05, 3.63) is 0 Å².